The van der Waals surface area contributed by atoms with Crippen LogP contribution < -0.4 is 4.90 Å². The topological polar surface area (TPSA) is 77.5 Å². The standard InChI is InChI=1S/C27H28N6O2/c1-5-35-27(34)21-15-29-33-24(31(4)16-19-10-7-6-8-11-19)14-23(30-26(21)33)22-17-32(18(2)3)25-20(22)12-9-13-28-25/h6-15,17-18H,5,16H2,1-4H3. The largest absolute Gasteiger partial charge is 0.462 e. The molecule has 35 heavy (non-hydrogen) atoms. The van der Waals surface area contributed by atoms with Crippen molar-refractivity contribution in [3.63, 3.8) is 0 Å². The molecule has 178 valence electrons. The molecule has 0 saturated carbocycles. The Bertz CT molecular complexity index is 1500. The number of fused-ring (bicyclic) bond motifs is 2. The van der Waals surface area contributed by atoms with E-state index < -0.39 is 5.97 Å². The summed E-state index contributed by atoms with van der Waals surface area (Å²) in [6.45, 7) is 7.00. The van der Waals surface area contributed by atoms with E-state index >= 15 is 0 Å². The third kappa shape index (κ3) is 4.12. The van der Waals surface area contributed by atoms with Gasteiger partial charge in [-0.3, -0.25) is 0 Å². The fourth-order valence-electron chi connectivity index (χ4n) is 4.33. The van der Waals surface area contributed by atoms with Crippen molar-refractivity contribution in [1.82, 2.24) is 24.1 Å². The number of ether oxygens (including phenoxy) is 1. The number of anilines is 1. The van der Waals surface area contributed by atoms with Gasteiger partial charge in [0.05, 0.1) is 18.5 Å². The molecule has 0 aliphatic rings. The number of hydrogen-bond acceptors (Lipinski definition) is 6. The highest BCUT2D eigenvalue weighted by atomic mass is 16.5. The molecule has 0 N–H and O–H groups in total. The lowest BCUT2D eigenvalue weighted by atomic mass is 10.1. The lowest BCUT2D eigenvalue weighted by Gasteiger charge is -2.21. The van der Waals surface area contributed by atoms with Crippen molar-refractivity contribution in [3.8, 4) is 11.3 Å². The molecule has 5 rings (SSSR count). The highest BCUT2D eigenvalue weighted by Gasteiger charge is 2.22. The molecule has 1 aromatic carbocycles. The molecule has 0 aliphatic heterocycles. The second-order valence-corrected chi connectivity index (χ2v) is 8.77. The summed E-state index contributed by atoms with van der Waals surface area (Å²) in [5.74, 6) is 0.383. The summed E-state index contributed by atoms with van der Waals surface area (Å²) in [6, 6.07) is 16.5. The van der Waals surface area contributed by atoms with Crippen molar-refractivity contribution >= 4 is 28.5 Å². The number of benzene rings is 1. The Balaban J connectivity index is 1.72. The van der Waals surface area contributed by atoms with Gasteiger partial charge in [-0.1, -0.05) is 30.3 Å². The van der Waals surface area contributed by atoms with E-state index in [9.17, 15) is 4.79 Å². The molecule has 0 unspecified atom stereocenters. The van der Waals surface area contributed by atoms with Crippen molar-refractivity contribution in [2.24, 2.45) is 0 Å². The SMILES string of the molecule is CCOC(=O)c1cnn2c(N(C)Cc3ccccc3)cc(-c3cn(C(C)C)c4ncccc34)nc12. The minimum absolute atomic E-state index is 0.232. The Labute approximate surface area is 203 Å². The van der Waals surface area contributed by atoms with Gasteiger partial charge in [-0.25, -0.2) is 14.8 Å². The average molecular weight is 469 g/mol. The average Bonchev–Trinajstić information content (AvgIpc) is 3.46. The Morgan fingerprint density at radius 1 is 1.11 bits per heavy atom. The maximum absolute atomic E-state index is 12.7. The zero-order chi connectivity index (χ0) is 24.5. The van der Waals surface area contributed by atoms with Crippen LogP contribution in [0.3, 0.4) is 0 Å². The number of esters is 1. The molecule has 4 aromatic heterocycles. The molecule has 8 nitrogen and oxygen atoms in total. The molecule has 4 heterocycles. The van der Waals surface area contributed by atoms with Crippen molar-refractivity contribution < 1.29 is 9.53 Å². The highest BCUT2D eigenvalue weighted by Crippen LogP contribution is 2.33. The van der Waals surface area contributed by atoms with Gasteiger partial charge < -0.3 is 14.2 Å². The predicted octanol–water partition coefficient (Wildman–Crippen LogP) is 5.14. The third-order valence-electron chi connectivity index (χ3n) is 6.02. The minimum atomic E-state index is -0.435. The van der Waals surface area contributed by atoms with Crippen molar-refractivity contribution in [3.05, 3.63) is 78.2 Å². The summed E-state index contributed by atoms with van der Waals surface area (Å²) in [7, 11) is 2.01. The van der Waals surface area contributed by atoms with Crippen LogP contribution in [0.15, 0.2) is 67.1 Å². The molecule has 0 bridgehead atoms. The Hall–Kier alpha value is -4.20. The first-order valence-electron chi connectivity index (χ1n) is 11.7. The number of pyridine rings is 1. The van der Waals surface area contributed by atoms with Gasteiger partial charge in [-0.05, 0) is 38.5 Å². The predicted molar refractivity (Wildman–Crippen MR) is 137 cm³/mol. The van der Waals surface area contributed by atoms with Gasteiger partial charge in [0, 0.05) is 49.0 Å². The van der Waals surface area contributed by atoms with Gasteiger partial charge in [-0.15, -0.1) is 0 Å². The van der Waals surface area contributed by atoms with Gasteiger partial charge >= 0.3 is 5.97 Å². The normalized spacial score (nSPS) is 11.5. The molecule has 0 atom stereocenters. The molecular formula is C27H28N6O2. The molecule has 0 amide bonds. The van der Waals surface area contributed by atoms with Gasteiger partial charge in [0.1, 0.15) is 17.0 Å². The van der Waals surface area contributed by atoms with Crippen LogP contribution in [0.5, 0.6) is 0 Å². The molecule has 0 saturated heterocycles. The lowest BCUT2D eigenvalue weighted by molar-refractivity contribution is 0.0528. The van der Waals surface area contributed by atoms with Gasteiger partial charge in [0.25, 0.3) is 0 Å². The third-order valence-corrected chi connectivity index (χ3v) is 6.02. The van der Waals surface area contributed by atoms with E-state index in [1.807, 2.05) is 37.4 Å². The summed E-state index contributed by atoms with van der Waals surface area (Å²) in [5.41, 5.74) is 4.57. The Kier molecular flexibility index (Phi) is 5.94. The highest BCUT2D eigenvalue weighted by molar-refractivity contribution is 5.98. The second kappa shape index (κ2) is 9.21. The van der Waals surface area contributed by atoms with Crippen LogP contribution in [0.25, 0.3) is 27.9 Å². The number of rotatable bonds is 7. The molecule has 0 fully saturated rings. The second-order valence-electron chi connectivity index (χ2n) is 8.77. The Morgan fingerprint density at radius 2 is 1.91 bits per heavy atom. The van der Waals surface area contributed by atoms with Crippen LogP contribution in [-0.2, 0) is 11.3 Å². The number of carbonyl (C=O) groups excluding carboxylic acids is 1. The smallest absolute Gasteiger partial charge is 0.343 e. The minimum Gasteiger partial charge on any atom is -0.462 e. The summed E-state index contributed by atoms with van der Waals surface area (Å²) in [4.78, 5) is 24.3. The van der Waals surface area contributed by atoms with Gasteiger partial charge in [0.2, 0.25) is 0 Å². The van der Waals surface area contributed by atoms with Crippen LogP contribution in [0, 0.1) is 0 Å². The van der Waals surface area contributed by atoms with Gasteiger partial charge in [0.15, 0.2) is 5.65 Å². The van der Waals surface area contributed by atoms with E-state index in [4.69, 9.17) is 9.72 Å². The van der Waals surface area contributed by atoms with Crippen LogP contribution in [-0.4, -0.2) is 43.8 Å². The zero-order valence-electron chi connectivity index (χ0n) is 20.3. The number of nitrogens with zero attached hydrogens (tertiary/aromatic N) is 6. The number of hydrogen-bond donors (Lipinski definition) is 0. The molecular weight excluding hydrogens is 440 g/mol. The van der Waals surface area contributed by atoms with Crippen molar-refractivity contribution in [1.29, 1.82) is 0 Å². The maximum atomic E-state index is 12.7. The summed E-state index contributed by atoms with van der Waals surface area (Å²) in [6.07, 6.45) is 5.42. The van der Waals surface area contributed by atoms with Crippen LogP contribution in [0.4, 0.5) is 5.82 Å². The number of aromatic nitrogens is 5. The first kappa shape index (κ1) is 22.6. The van der Waals surface area contributed by atoms with E-state index in [0.717, 1.165) is 28.1 Å². The molecule has 0 aliphatic carbocycles. The molecule has 0 spiro atoms. The van der Waals surface area contributed by atoms with E-state index in [-0.39, 0.29) is 12.6 Å². The van der Waals surface area contributed by atoms with Crippen LogP contribution in [0.1, 0.15) is 42.7 Å². The molecule has 5 aromatic rings. The van der Waals surface area contributed by atoms with Crippen molar-refractivity contribution in [2.75, 3.05) is 18.6 Å². The fourth-order valence-corrected chi connectivity index (χ4v) is 4.33. The quantitative estimate of drug-likeness (QED) is 0.308. The summed E-state index contributed by atoms with van der Waals surface area (Å²) < 4.78 is 9.13. The van der Waals surface area contributed by atoms with E-state index in [1.165, 1.54) is 11.8 Å². The van der Waals surface area contributed by atoms with Crippen LogP contribution in [0.2, 0.25) is 0 Å². The fraction of sp³-hybridized carbons (Fsp3) is 0.259. The molecule has 0 radical (unpaired) electrons. The van der Waals surface area contributed by atoms with E-state index in [0.29, 0.717) is 17.8 Å². The monoisotopic (exact) mass is 468 g/mol. The summed E-state index contributed by atoms with van der Waals surface area (Å²) >= 11 is 0. The lowest BCUT2D eigenvalue weighted by Crippen LogP contribution is -2.20. The van der Waals surface area contributed by atoms with E-state index in [2.05, 4.69) is 57.8 Å². The van der Waals surface area contributed by atoms with Crippen molar-refractivity contribution in [2.45, 2.75) is 33.4 Å². The molecule has 8 heteroatoms. The maximum Gasteiger partial charge on any atom is 0.343 e. The van der Waals surface area contributed by atoms with Gasteiger partial charge in [-0.2, -0.15) is 9.61 Å². The van der Waals surface area contributed by atoms with Crippen LogP contribution >= 0.6 is 0 Å². The first-order chi connectivity index (χ1) is 17.0. The zero-order valence-corrected chi connectivity index (χ0v) is 20.3. The first-order valence-corrected chi connectivity index (χ1v) is 11.7. The van der Waals surface area contributed by atoms with E-state index in [1.54, 1.807) is 17.6 Å². The Morgan fingerprint density at radius 3 is 2.66 bits per heavy atom. The summed E-state index contributed by atoms with van der Waals surface area (Å²) in [5, 5.41) is 5.52. The number of carbonyl (C=O) groups is 1.